The van der Waals surface area contributed by atoms with Gasteiger partial charge in [0, 0.05) is 130 Å². The number of ether oxygens (including phenoxy) is 7. The van der Waals surface area contributed by atoms with Gasteiger partial charge >= 0.3 is 11.9 Å². The molecule has 36 nitrogen and oxygen atoms in total. The number of carbonyl (C=O) groups excluding carboxylic acids is 1. The van der Waals surface area contributed by atoms with Crippen LogP contribution in [0, 0.1) is 59.3 Å². The number of alkyl halides is 3. The van der Waals surface area contributed by atoms with Crippen LogP contribution in [0.5, 0.6) is 11.5 Å². The molecule has 3 atom stereocenters. The molecule has 650 valence electrons. The molecule has 0 saturated carbocycles. The average Bonchev–Trinajstić information content (AvgIpc) is 0.842. The number of anilines is 3. The summed E-state index contributed by atoms with van der Waals surface area (Å²) < 4.78 is 166. The van der Waals surface area contributed by atoms with Gasteiger partial charge < -0.3 is 59.4 Å². The Kier molecular flexibility index (Phi) is 29.1. The summed E-state index contributed by atoms with van der Waals surface area (Å²) in [6.07, 6.45) is 1.10. The number of halogens is 5. The summed E-state index contributed by atoms with van der Waals surface area (Å²) in [7, 11) is -12.7. The number of aromatic amines is 1. The topological polar surface area (TPSA) is 473 Å². The molecule has 5 aromatic carbocycles. The van der Waals surface area contributed by atoms with E-state index in [2.05, 4.69) is 63.7 Å². The number of H-pyrrole nitrogens is 1. The second-order valence-electron chi connectivity index (χ2n) is 31.0. The van der Waals surface area contributed by atoms with Crippen LogP contribution in [0.25, 0.3) is 16.6 Å². The number of amides is 1. The molecule has 15 rings (SSSR count). The van der Waals surface area contributed by atoms with Crippen LogP contribution in [-0.4, -0.2) is 245 Å². The number of nitro groups is 3. The smallest absolute Gasteiger partial charge is 0.416 e. The first kappa shape index (κ1) is 90.0. The van der Waals surface area contributed by atoms with Gasteiger partial charge in [0.15, 0.2) is 0 Å². The number of aromatic nitrogens is 2. The van der Waals surface area contributed by atoms with Crippen molar-refractivity contribution in [2.24, 2.45) is 39.2 Å². The van der Waals surface area contributed by atoms with Crippen molar-refractivity contribution in [1.82, 2.24) is 34.3 Å². The normalized spacial score (nSPS) is 20.6. The maximum Gasteiger partial charge on any atom is 0.416 e. The van der Waals surface area contributed by atoms with E-state index in [9.17, 15) is 78.0 Å². The number of hydrogen-bond donors (Lipinski definition) is 7. The quantitative estimate of drug-likeness (QED) is 0.0170. The number of pyridine rings is 1. The van der Waals surface area contributed by atoms with Crippen LogP contribution in [0.15, 0.2) is 136 Å². The Morgan fingerprint density at radius 2 is 1.17 bits per heavy atom. The maximum absolute atomic E-state index is 14.0. The van der Waals surface area contributed by atoms with Gasteiger partial charge in [-0.3, -0.25) is 54.7 Å². The number of rotatable bonds is 24. The molecule has 2 aromatic heterocycles. The standard InChI is InChI=1S/C48H52ClF3N8O8S.C14H20N4O6S.C8H16N2O2.C6H5FN2O4S/c1-47(2)11-9-32(40(21-47)38-6-3-33(18-41(38)49)48(50,51)52)25-57-13-15-58(16-14-57)34-4-7-39(44(19-34)68-36-17-31-10-12-53-45(31)55-23-36)46(61)56-69(64,65)37-5-8-42(43(20-37)60(62)63)54-22-30-24-59(29-67-26-30)35-27-66-28-35;15-25(21,22)12-1-2-13(14(3-12)18(19)20)16-4-10-5-17(9-24-6-10)11-7-23-8-11;9-1-7-2-10(6-12-3-7)8-4-11-5-8;7-5-2-1-4(14(8,12)13)3-6(5)9(10)11/h3-8,10,12,17-20,23,30,35,54H,9,11,13-16,21-22,24-29H2,1-2H3,(H,53,55)(H,56,61);1-3,10-11,16H,4-9H2,(H2,15,21,22);7-8H,1-6,9H2;1-3H,(H2,8,12,13). The summed E-state index contributed by atoms with van der Waals surface area (Å²) in [5.74, 6) is -1.10. The molecule has 3 unspecified atom stereocenters. The first-order valence-corrected chi connectivity index (χ1v) is 43.2. The Morgan fingerprint density at radius 3 is 1.68 bits per heavy atom. The second kappa shape index (κ2) is 38.9. The molecule has 7 fully saturated rings. The van der Waals surface area contributed by atoms with E-state index in [4.69, 9.17) is 60.8 Å². The molecule has 0 radical (unpaired) electrons. The van der Waals surface area contributed by atoms with Crippen molar-refractivity contribution in [1.29, 1.82) is 0 Å². The van der Waals surface area contributed by atoms with E-state index in [0.29, 0.717) is 159 Å². The third-order valence-corrected chi connectivity index (χ3v) is 25.1. The summed E-state index contributed by atoms with van der Waals surface area (Å²) in [6, 6.07) is 22.3. The molecular weight excluding hydrogens is 1660 g/mol. The van der Waals surface area contributed by atoms with Crippen molar-refractivity contribution in [2.45, 2.75) is 72.1 Å². The van der Waals surface area contributed by atoms with Gasteiger partial charge in [0.25, 0.3) is 27.3 Å². The summed E-state index contributed by atoms with van der Waals surface area (Å²) in [5, 5.41) is 50.4. The molecule has 9 heterocycles. The average molecular weight is 1760 g/mol. The molecule has 0 spiro atoms. The monoisotopic (exact) mass is 1760 g/mol. The van der Waals surface area contributed by atoms with Gasteiger partial charge in [-0.1, -0.05) is 37.1 Å². The number of primary sulfonamides is 2. The number of nitrogens with one attached hydrogen (secondary N) is 4. The number of carbonyl (C=O) groups is 1. The van der Waals surface area contributed by atoms with Crippen LogP contribution in [0.2, 0.25) is 5.02 Å². The highest BCUT2D eigenvalue weighted by molar-refractivity contribution is 7.90. The van der Waals surface area contributed by atoms with Crippen molar-refractivity contribution in [3.63, 3.8) is 0 Å². The lowest BCUT2D eigenvalue weighted by Crippen LogP contribution is -2.54. The highest BCUT2D eigenvalue weighted by Gasteiger charge is 2.38. The summed E-state index contributed by atoms with van der Waals surface area (Å²) >= 11 is 6.54. The lowest BCUT2D eigenvalue weighted by Gasteiger charge is -2.41. The molecule has 7 aliphatic heterocycles. The minimum Gasteiger partial charge on any atom is -0.455 e. The number of piperazine rings is 1. The SMILES string of the molecule is CC1(C)CCC(CN2CCN(c3ccc(C(=O)NS(=O)(=O)c4ccc(NCC5COCN(C6COC6)C5)c([N+](=O)[O-])c4)c(Oc4cnc5[nH]ccc5c4)c3)CC2)=C(c2ccc(C(F)(F)F)cc2Cl)C1.NCC1COCN(C2COC2)C1.NS(=O)(=O)c1ccc(F)c([N+](=O)[O-])c1.NS(=O)(=O)c1ccc(NCC2COCN(C3COC3)C2)c([N+](=O)[O-])c1. The largest absolute Gasteiger partial charge is 0.455 e. The third kappa shape index (κ3) is 23.3. The van der Waals surface area contributed by atoms with Gasteiger partial charge in [-0.15, -0.1) is 0 Å². The Labute approximate surface area is 693 Å². The Hall–Kier alpha value is -9.26. The lowest BCUT2D eigenvalue weighted by molar-refractivity contribution is -0.387. The number of benzene rings is 5. The third-order valence-electron chi connectivity index (χ3n) is 21.6. The number of fused-ring (bicyclic) bond motifs is 1. The van der Waals surface area contributed by atoms with E-state index in [1.807, 2.05) is 0 Å². The van der Waals surface area contributed by atoms with Gasteiger partial charge in [0.05, 0.1) is 145 Å². The van der Waals surface area contributed by atoms with Crippen molar-refractivity contribution >= 4 is 98.3 Å². The van der Waals surface area contributed by atoms with Crippen LogP contribution in [-0.2, 0) is 64.7 Å². The van der Waals surface area contributed by atoms with E-state index in [-0.39, 0.29) is 67.3 Å². The molecule has 0 bridgehead atoms. The van der Waals surface area contributed by atoms with Crippen molar-refractivity contribution in [3.05, 3.63) is 179 Å². The Balaban J connectivity index is 0.000000206. The van der Waals surface area contributed by atoms with Crippen LogP contribution in [0.3, 0.4) is 0 Å². The highest BCUT2D eigenvalue weighted by Crippen LogP contribution is 2.46. The van der Waals surface area contributed by atoms with Gasteiger partial charge in [0.2, 0.25) is 25.9 Å². The number of sulfonamides is 3. The molecule has 1 amide bonds. The fraction of sp³-hybridized carbons (Fsp3) is 0.474. The van der Waals surface area contributed by atoms with Crippen molar-refractivity contribution < 1.29 is 95.5 Å². The number of nitro benzene ring substituents is 3. The van der Waals surface area contributed by atoms with E-state index in [0.717, 1.165) is 106 Å². The molecule has 8 aliphatic rings. The predicted octanol–water partition coefficient (Wildman–Crippen LogP) is 8.15. The minimum absolute atomic E-state index is 0.0205. The van der Waals surface area contributed by atoms with E-state index in [1.165, 1.54) is 42.6 Å². The molecule has 7 aromatic rings. The predicted molar refractivity (Wildman–Crippen MR) is 432 cm³/mol. The molecule has 44 heteroatoms. The van der Waals surface area contributed by atoms with Gasteiger partial charge in [-0.2, -0.15) is 17.6 Å². The molecule has 1 aliphatic carbocycles. The maximum atomic E-state index is 14.0. The fourth-order valence-corrected chi connectivity index (χ4v) is 16.9. The number of nitrogens with zero attached hydrogens (tertiary/aromatic N) is 9. The van der Waals surface area contributed by atoms with Crippen molar-refractivity contribution in [2.75, 3.05) is 167 Å². The number of allylic oxidation sites excluding steroid dienone is 1. The summed E-state index contributed by atoms with van der Waals surface area (Å²) in [4.78, 5) is 62.6. The number of hydrogen-bond acceptors (Lipinski definition) is 29. The van der Waals surface area contributed by atoms with E-state index >= 15 is 0 Å². The van der Waals surface area contributed by atoms with Crippen LogP contribution >= 0.6 is 11.6 Å². The van der Waals surface area contributed by atoms with E-state index < -0.39 is 89.5 Å². The first-order valence-electron chi connectivity index (χ1n) is 38.3. The second-order valence-corrected chi connectivity index (χ2v) is 36.2. The number of nitrogens with two attached hydrogens (primary N) is 3. The Morgan fingerprint density at radius 1 is 0.650 bits per heavy atom. The first-order chi connectivity index (χ1) is 56.9. The molecule has 10 N–H and O–H groups in total. The zero-order chi connectivity index (χ0) is 86.0. The van der Waals surface area contributed by atoms with Crippen LogP contribution < -0.4 is 41.0 Å². The molecule has 120 heavy (non-hydrogen) atoms. The van der Waals surface area contributed by atoms with Gasteiger partial charge in [0.1, 0.15) is 28.5 Å². The van der Waals surface area contributed by atoms with Crippen LogP contribution in [0.1, 0.15) is 54.6 Å². The van der Waals surface area contributed by atoms with Crippen LogP contribution in [0.4, 0.5) is 51.7 Å². The lowest BCUT2D eigenvalue weighted by atomic mass is 9.72. The van der Waals surface area contributed by atoms with Crippen molar-refractivity contribution in [3.8, 4) is 11.5 Å². The molecular formula is C76H93ClF4N16O20S3. The minimum atomic E-state index is -4.64. The Bertz CT molecular complexity index is 5280. The summed E-state index contributed by atoms with van der Waals surface area (Å²) in [6.45, 7) is 19.5. The van der Waals surface area contributed by atoms with Gasteiger partial charge in [-0.25, -0.2) is 45.2 Å². The summed E-state index contributed by atoms with van der Waals surface area (Å²) in [5.41, 5.74) is 7.38. The zero-order valence-corrected chi connectivity index (χ0v) is 68.6. The van der Waals surface area contributed by atoms with Gasteiger partial charge in [-0.05, 0) is 115 Å². The fourth-order valence-electron chi connectivity index (χ4n) is 14.5. The molecule has 7 saturated heterocycles. The zero-order valence-electron chi connectivity index (χ0n) is 65.4. The highest BCUT2D eigenvalue weighted by atomic mass is 35.5. The van der Waals surface area contributed by atoms with E-state index in [1.54, 1.807) is 30.5 Å².